The van der Waals surface area contributed by atoms with Crippen LogP contribution < -0.4 is 0 Å². The molecule has 5 nitrogen and oxygen atoms in total. The zero-order chi connectivity index (χ0) is 36.6. The van der Waals surface area contributed by atoms with E-state index in [1.807, 2.05) is 54.6 Å². The molecule has 8 aromatic carbocycles. The molecule has 0 N–H and O–H groups in total. The monoisotopic (exact) mass is 704 g/mol. The summed E-state index contributed by atoms with van der Waals surface area (Å²) >= 11 is 0. The molecule has 0 aliphatic rings. The number of hydrogen-bond acceptors (Lipinski definition) is 5. The highest BCUT2D eigenvalue weighted by molar-refractivity contribution is 6.10. The summed E-state index contributed by atoms with van der Waals surface area (Å²) in [5.41, 5.74) is 11.9. The SMILES string of the molecule is c1ccc(-c2cccc(-c3ccc(-c4nc(-c5cccc(-c6ccccc6)c5)nc(-c5cccc6ccc7nc(-c8ccccc8)oc7c56)n4)cc3)c2)cc1. The fourth-order valence-corrected chi connectivity index (χ4v) is 7.19. The van der Waals surface area contributed by atoms with Crippen molar-refractivity contribution in [2.24, 2.45) is 0 Å². The summed E-state index contributed by atoms with van der Waals surface area (Å²) in [6, 6.07) is 66.5. The summed E-state index contributed by atoms with van der Waals surface area (Å²) in [4.78, 5) is 20.3. The van der Waals surface area contributed by atoms with Crippen LogP contribution in [-0.2, 0) is 0 Å². The van der Waals surface area contributed by atoms with Gasteiger partial charge in [0.25, 0.3) is 0 Å². The van der Waals surface area contributed by atoms with Crippen molar-refractivity contribution in [2.45, 2.75) is 0 Å². The van der Waals surface area contributed by atoms with E-state index in [4.69, 9.17) is 24.4 Å². The molecule has 0 saturated carbocycles. The van der Waals surface area contributed by atoms with E-state index in [2.05, 4.69) is 140 Å². The van der Waals surface area contributed by atoms with Gasteiger partial charge in [0.1, 0.15) is 5.52 Å². The smallest absolute Gasteiger partial charge is 0.227 e. The minimum absolute atomic E-state index is 0.556. The molecule has 2 heterocycles. The highest BCUT2D eigenvalue weighted by Crippen LogP contribution is 2.37. The number of hydrogen-bond donors (Lipinski definition) is 0. The van der Waals surface area contributed by atoms with Gasteiger partial charge in [0.05, 0.1) is 0 Å². The number of fused-ring (bicyclic) bond motifs is 3. The molecule has 0 spiro atoms. The Morgan fingerprint density at radius 2 is 0.782 bits per heavy atom. The van der Waals surface area contributed by atoms with E-state index in [0.717, 1.165) is 60.8 Å². The second-order valence-corrected chi connectivity index (χ2v) is 13.5. The minimum Gasteiger partial charge on any atom is -0.435 e. The molecule has 0 aliphatic heterocycles. The van der Waals surface area contributed by atoms with E-state index >= 15 is 0 Å². The van der Waals surface area contributed by atoms with Gasteiger partial charge in [-0.25, -0.2) is 19.9 Å². The van der Waals surface area contributed by atoms with Crippen molar-refractivity contribution in [3.8, 4) is 79.0 Å². The third-order valence-corrected chi connectivity index (χ3v) is 9.97. The maximum Gasteiger partial charge on any atom is 0.227 e. The maximum atomic E-state index is 6.53. The van der Waals surface area contributed by atoms with E-state index in [0.29, 0.717) is 28.9 Å². The number of benzene rings is 8. The van der Waals surface area contributed by atoms with Crippen molar-refractivity contribution in [1.29, 1.82) is 0 Å². The molecule has 0 amide bonds. The van der Waals surface area contributed by atoms with Crippen LogP contribution in [0, 0.1) is 0 Å². The highest BCUT2D eigenvalue weighted by Gasteiger charge is 2.19. The first-order chi connectivity index (χ1) is 27.2. The van der Waals surface area contributed by atoms with Crippen LogP contribution in [0.15, 0.2) is 199 Å². The minimum atomic E-state index is 0.556. The summed E-state index contributed by atoms with van der Waals surface area (Å²) in [6.45, 7) is 0. The first-order valence-corrected chi connectivity index (χ1v) is 18.3. The Balaban J connectivity index is 1.12. The van der Waals surface area contributed by atoms with Crippen LogP contribution in [-0.4, -0.2) is 19.9 Å². The zero-order valence-corrected chi connectivity index (χ0v) is 29.7. The van der Waals surface area contributed by atoms with Crippen LogP contribution in [0.4, 0.5) is 0 Å². The predicted molar refractivity (Wildman–Crippen MR) is 223 cm³/mol. The first-order valence-electron chi connectivity index (χ1n) is 18.3. The molecule has 0 saturated heterocycles. The molecule has 55 heavy (non-hydrogen) atoms. The lowest BCUT2D eigenvalue weighted by Gasteiger charge is -2.12. The Morgan fingerprint density at radius 1 is 0.309 bits per heavy atom. The molecule has 10 rings (SSSR count). The second-order valence-electron chi connectivity index (χ2n) is 13.5. The van der Waals surface area contributed by atoms with Gasteiger partial charge < -0.3 is 4.42 Å². The third-order valence-electron chi connectivity index (χ3n) is 9.97. The van der Waals surface area contributed by atoms with Crippen LogP contribution in [0.25, 0.3) is 101 Å². The van der Waals surface area contributed by atoms with E-state index in [-0.39, 0.29) is 0 Å². The summed E-state index contributed by atoms with van der Waals surface area (Å²) in [5.74, 6) is 2.30. The topological polar surface area (TPSA) is 64.7 Å². The van der Waals surface area contributed by atoms with Gasteiger partial charge in [0.15, 0.2) is 23.1 Å². The van der Waals surface area contributed by atoms with Crippen molar-refractivity contribution in [3.05, 3.63) is 194 Å². The largest absolute Gasteiger partial charge is 0.435 e. The lowest BCUT2D eigenvalue weighted by Crippen LogP contribution is -2.01. The molecule has 0 unspecified atom stereocenters. The normalized spacial score (nSPS) is 11.3. The Labute approximate surface area is 318 Å². The van der Waals surface area contributed by atoms with Gasteiger partial charge in [-0.15, -0.1) is 0 Å². The van der Waals surface area contributed by atoms with Crippen molar-refractivity contribution in [1.82, 2.24) is 19.9 Å². The quantitative estimate of drug-likeness (QED) is 0.165. The van der Waals surface area contributed by atoms with Crippen molar-refractivity contribution >= 4 is 21.9 Å². The number of rotatable bonds is 7. The fourth-order valence-electron chi connectivity index (χ4n) is 7.19. The highest BCUT2D eigenvalue weighted by atomic mass is 16.3. The molecule has 10 aromatic rings. The number of aromatic nitrogens is 4. The molecule has 2 aromatic heterocycles. The van der Waals surface area contributed by atoms with E-state index < -0.39 is 0 Å². The summed E-state index contributed by atoms with van der Waals surface area (Å²) < 4.78 is 6.53. The summed E-state index contributed by atoms with van der Waals surface area (Å²) in [6.07, 6.45) is 0. The molecule has 0 bridgehead atoms. The van der Waals surface area contributed by atoms with Gasteiger partial charge in [-0.1, -0.05) is 164 Å². The van der Waals surface area contributed by atoms with Gasteiger partial charge in [-0.2, -0.15) is 0 Å². The molecule has 0 aliphatic carbocycles. The molecule has 0 radical (unpaired) electrons. The summed E-state index contributed by atoms with van der Waals surface area (Å²) in [5, 5.41) is 1.92. The Kier molecular flexibility index (Phi) is 8.08. The predicted octanol–water partition coefficient (Wildman–Crippen LogP) is 12.8. The van der Waals surface area contributed by atoms with Gasteiger partial charge in [0, 0.05) is 27.6 Å². The van der Waals surface area contributed by atoms with Crippen LogP contribution in [0.1, 0.15) is 0 Å². The molecular formula is C50H32N4O. The first kappa shape index (κ1) is 32.2. The molecule has 0 fully saturated rings. The van der Waals surface area contributed by atoms with E-state index in [9.17, 15) is 0 Å². The third kappa shape index (κ3) is 6.24. The lowest BCUT2D eigenvalue weighted by atomic mass is 9.98. The van der Waals surface area contributed by atoms with Crippen molar-refractivity contribution in [3.63, 3.8) is 0 Å². The van der Waals surface area contributed by atoms with E-state index in [1.165, 1.54) is 11.1 Å². The Hall–Kier alpha value is -7.50. The lowest BCUT2D eigenvalue weighted by molar-refractivity contribution is 0.623. The van der Waals surface area contributed by atoms with Crippen LogP contribution >= 0.6 is 0 Å². The van der Waals surface area contributed by atoms with Crippen molar-refractivity contribution < 1.29 is 4.42 Å². The van der Waals surface area contributed by atoms with Crippen molar-refractivity contribution in [2.75, 3.05) is 0 Å². The van der Waals surface area contributed by atoms with Crippen LogP contribution in [0.2, 0.25) is 0 Å². The molecule has 258 valence electrons. The van der Waals surface area contributed by atoms with Gasteiger partial charge in [-0.05, 0) is 69.1 Å². The summed E-state index contributed by atoms with van der Waals surface area (Å²) in [7, 11) is 0. The molecule has 0 atom stereocenters. The molecule has 5 heteroatoms. The van der Waals surface area contributed by atoms with Gasteiger partial charge in [-0.3, -0.25) is 0 Å². The van der Waals surface area contributed by atoms with E-state index in [1.54, 1.807) is 0 Å². The number of nitrogens with zero attached hydrogens (tertiary/aromatic N) is 4. The average molecular weight is 705 g/mol. The fraction of sp³-hybridized carbons (Fsp3) is 0. The Morgan fingerprint density at radius 3 is 1.42 bits per heavy atom. The Bertz CT molecular complexity index is 2960. The van der Waals surface area contributed by atoms with Gasteiger partial charge in [0.2, 0.25) is 5.89 Å². The standard InChI is InChI=1S/C50H32N4O/c1-4-13-33(14-5-1)39-20-10-21-40(31-39)35-25-27-37(28-26-35)47-52-48(42-23-11-22-41(32-42)34-15-6-2-7-16-34)54-49(53-47)43-24-12-19-36-29-30-44-46(45(36)43)55-50(51-44)38-17-8-3-9-18-38/h1-32H. The second kappa shape index (κ2) is 13.8. The van der Waals surface area contributed by atoms with Gasteiger partial charge >= 0.3 is 0 Å². The zero-order valence-electron chi connectivity index (χ0n) is 29.7. The maximum absolute atomic E-state index is 6.53. The molecular weight excluding hydrogens is 673 g/mol. The van der Waals surface area contributed by atoms with Crippen LogP contribution in [0.3, 0.4) is 0 Å². The number of oxazole rings is 1. The van der Waals surface area contributed by atoms with Crippen LogP contribution in [0.5, 0.6) is 0 Å². The average Bonchev–Trinajstić information content (AvgIpc) is 3.72.